The summed E-state index contributed by atoms with van der Waals surface area (Å²) in [6.45, 7) is 1.83. The van der Waals surface area contributed by atoms with Gasteiger partial charge in [0.15, 0.2) is 0 Å². The van der Waals surface area contributed by atoms with Crippen LogP contribution in [-0.4, -0.2) is 20.6 Å². The van der Waals surface area contributed by atoms with Crippen molar-refractivity contribution in [2.45, 2.75) is 6.92 Å². The number of hydrogen-bond acceptors (Lipinski definition) is 4. The third-order valence-corrected chi connectivity index (χ3v) is 4.40. The van der Waals surface area contributed by atoms with Crippen molar-refractivity contribution in [2.24, 2.45) is 0 Å². The van der Waals surface area contributed by atoms with Crippen LogP contribution >= 0.6 is 0 Å². The smallest absolute Gasteiger partial charge is 0.257 e. The predicted molar refractivity (Wildman–Crippen MR) is 111 cm³/mol. The van der Waals surface area contributed by atoms with Crippen LogP contribution < -0.4 is 14.8 Å². The Labute approximate surface area is 164 Å². The second-order valence-electron chi connectivity index (χ2n) is 6.32. The van der Waals surface area contributed by atoms with E-state index < -0.39 is 15.9 Å². The lowest BCUT2D eigenvalue weighted by Crippen LogP contribution is -2.17. The van der Waals surface area contributed by atoms with Crippen LogP contribution in [0.15, 0.2) is 72.8 Å². The second-order valence-corrected chi connectivity index (χ2v) is 8.07. The highest BCUT2D eigenvalue weighted by atomic mass is 32.2. The lowest BCUT2D eigenvalue weighted by Gasteiger charge is -2.12. The fourth-order valence-electron chi connectivity index (χ4n) is 2.56. The van der Waals surface area contributed by atoms with E-state index in [1.165, 1.54) is 0 Å². The summed E-state index contributed by atoms with van der Waals surface area (Å²) in [5.41, 5.74) is 1.89. The first kappa shape index (κ1) is 19.4. The molecule has 0 spiro atoms. The number of sulfonamides is 1. The van der Waals surface area contributed by atoms with Gasteiger partial charge in [-0.25, -0.2) is 8.42 Å². The highest BCUT2D eigenvalue weighted by Crippen LogP contribution is 2.24. The Kier molecular flexibility index (Phi) is 5.65. The molecule has 0 saturated carbocycles. The first-order valence-corrected chi connectivity index (χ1v) is 10.4. The van der Waals surface area contributed by atoms with Gasteiger partial charge < -0.3 is 10.1 Å². The number of hydrogen-bond donors (Lipinski definition) is 2. The van der Waals surface area contributed by atoms with Crippen molar-refractivity contribution in [3.05, 3.63) is 83.9 Å². The second kappa shape index (κ2) is 8.14. The van der Waals surface area contributed by atoms with E-state index in [4.69, 9.17) is 4.74 Å². The molecule has 7 heteroatoms. The Hall–Kier alpha value is -3.32. The number of ether oxygens (including phenoxy) is 1. The lowest BCUT2D eigenvalue weighted by molar-refractivity contribution is 0.102. The van der Waals surface area contributed by atoms with E-state index in [-0.39, 0.29) is 11.3 Å². The predicted octanol–water partition coefficient (Wildman–Crippen LogP) is 4.41. The molecule has 1 amide bonds. The fraction of sp³-hybridized carbons (Fsp3) is 0.0952. The summed E-state index contributed by atoms with van der Waals surface area (Å²) in [7, 11) is -3.50. The van der Waals surface area contributed by atoms with Gasteiger partial charge in [0.1, 0.15) is 11.5 Å². The average molecular weight is 396 g/mol. The fourth-order valence-corrected chi connectivity index (χ4v) is 3.14. The van der Waals surface area contributed by atoms with Crippen molar-refractivity contribution in [3.63, 3.8) is 0 Å². The van der Waals surface area contributed by atoms with Crippen LogP contribution in [0.4, 0.5) is 11.4 Å². The minimum atomic E-state index is -3.50. The minimum absolute atomic E-state index is 0.231. The number of rotatable bonds is 6. The van der Waals surface area contributed by atoms with Crippen LogP contribution in [0, 0.1) is 6.92 Å². The van der Waals surface area contributed by atoms with Crippen LogP contribution in [-0.2, 0) is 10.0 Å². The van der Waals surface area contributed by atoms with Gasteiger partial charge in [-0.3, -0.25) is 9.52 Å². The van der Waals surface area contributed by atoms with Crippen molar-refractivity contribution >= 4 is 27.3 Å². The lowest BCUT2D eigenvalue weighted by atomic mass is 10.1. The molecule has 6 nitrogen and oxygen atoms in total. The quantitative estimate of drug-likeness (QED) is 0.646. The molecule has 3 aromatic rings. The Balaban J connectivity index is 1.75. The van der Waals surface area contributed by atoms with Crippen LogP contribution in [0.25, 0.3) is 0 Å². The van der Waals surface area contributed by atoms with E-state index in [1.807, 2.05) is 37.3 Å². The summed E-state index contributed by atoms with van der Waals surface area (Å²) in [6, 6.07) is 21.2. The first-order valence-electron chi connectivity index (χ1n) is 8.53. The van der Waals surface area contributed by atoms with E-state index in [0.717, 1.165) is 17.6 Å². The van der Waals surface area contributed by atoms with Crippen molar-refractivity contribution in [2.75, 3.05) is 16.3 Å². The number of carbonyl (C=O) groups is 1. The van der Waals surface area contributed by atoms with Crippen molar-refractivity contribution in [3.8, 4) is 11.5 Å². The molecule has 0 bridgehead atoms. The molecule has 0 radical (unpaired) electrons. The molecule has 0 saturated heterocycles. The summed E-state index contributed by atoms with van der Waals surface area (Å²) in [5.74, 6) is 0.946. The summed E-state index contributed by atoms with van der Waals surface area (Å²) < 4.78 is 31.2. The van der Waals surface area contributed by atoms with Crippen LogP contribution in [0.5, 0.6) is 11.5 Å². The van der Waals surface area contributed by atoms with E-state index in [0.29, 0.717) is 11.4 Å². The summed E-state index contributed by atoms with van der Waals surface area (Å²) in [4.78, 5) is 12.7. The topological polar surface area (TPSA) is 84.5 Å². The number of aryl methyl sites for hydroxylation is 1. The largest absolute Gasteiger partial charge is 0.457 e. The molecule has 3 aromatic carbocycles. The van der Waals surface area contributed by atoms with Crippen LogP contribution in [0.1, 0.15) is 15.9 Å². The van der Waals surface area contributed by atoms with E-state index in [2.05, 4.69) is 10.0 Å². The Bertz CT molecular complexity index is 1080. The van der Waals surface area contributed by atoms with Gasteiger partial charge in [-0.1, -0.05) is 29.8 Å². The van der Waals surface area contributed by atoms with Gasteiger partial charge in [-0.15, -0.1) is 0 Å². The van der Waals surface area contributed by atoms with Gasteiger partial charge in [0.25, 0.3) is 5.91 Å². The summed E-state index contributed by atoms with van der Waals surface area (Å²) in [5, 5.41) is 2.77. The molecule has 0 aliphatic rings. The van der Waals surface area contributed by atoms with Crippen LogP contribution in [0.2, 0.25) is 0 Å². The van der Waals surface area contributed by atoms with Crippen molar-refractivity contribution in [1.29, 1.82) is 0 Å². The van der Waals surface area contributed by atoms with Crippen molar-refractivity contribution in [1.82, 2.24) is 0 Å². The molecule has 3 rings (SSSR count). The average Bonchev–Trinajstić information content (AvgIpc) is 2.64. The standard InChI is InChI=1S/C21H20N2O4S/c1-15-8-13-20(23-28(2,25)26)19(14-15)21(24)22-16-9-11-18(12-10-16)27-17-6-4-3-5-7-17/h3-14,23H,1-2H3,(H,22,24). The number of carbonyl (C=O) groups excluding carboxylic acids is 1. The third kappa shape index (κ3) is 5.34. The molecule has 0 unspecified atom stereocenters. The monoisotopic (exact) mass is 396 g/mol. The maximum absolute atomic E-state index is 12.7. The molecule has 0 aromatic heterocycles. The maximum atomic E-state index is 12.7. The number of anilines is 2. The normalized spacial score (nSPS) is 10.9. The van der Waals surface area contributed by atoms with Crippen LogP contribution in [0.3, 0.4) is 0 Å². The molecule has 0 heterocycles. The first-order chi connectivity index (χ1) is 13.3. The number of amides is 1. The van der Waals surface area contributed by atoms with E-state index in [1.54, 1.807) is 42.5 Å². The Morgan fingerprint density at radius 1 is 0.893 bits per heavy atom. The Morgan fingerprint density at radius 3 is 2.18 bits per heavy atom. The van der Waals surface area contributed by atoms with Gasteiger partial charge in [0, 0.05) is 5.69 Å². The highest BCUT2D eigenvalue weighted by Gasteiger charge is 2.15. The van der Waals surface area contributed by atoms with Gasteiger partial charge in [0.05, 0.1) is 17.5 Å². The third-order valence-electron chi connectivity index (χ3n) is 3.81. The molecular formula is C21H20N2O4S. The van der Waals surface area contributed by atoms with Gasteiger partial charge >= 0.3 is 0 Å². The molecule has 28 heavy (non-hydrogen) atoms. The molecule has 144 valence electrons. The zero-order valence-electron chi connectivity index (χ0n) is 15.5. The molecule has 0 aliphatic carbocycles. The molecule has 0 atom stereocenters. The maximum Gasteiger partial charge on any atom is 0.257 e. The molecule has 2 N–H and O–H groups in total. The zero-order valence-corrected chi connectivity index (χ0v) is 16.3. The number of nitrogens with one attached hydrogen (secondary N) is 2. The zero-order chi connectivity index (χ0) is 20.1. The SMILES string of the molecule is Cc1ccc(NS(C)(=O)=O)c(C(=O)Nc2ccc(Oc3ccccc3)cc2)c1. The minimum Gasteiger partial charge on any atom is -0.457 e. The summed E-state index contributed by atoms with van der Waals surface area (Å²) >= 11 is 0. The molecule has 0 aliphatic heterocycles. The molecule has 0 fully saturated rings. The molecular weight excluding hydrogens is 376 g/mol. The van der Waals surface area contributed by atoms with Crippen molar-refractivity contribution < 1.29 is 17.9 Å². The van der Waals surface area contributed by atoms with Gasteiger partial charge in [-0.05, 0) is 55.5 Å². The summed E-state index contributed by atoms with van der Waals surface area (Å²) in [6.07, 6.45) is 1.04. The number of benzene rings is 3. The van der Waals surface area contributed by atoms with E-state index in [9.17, 15) is 13.2 Å². The number of para-hydroxylation sites is 1. The highest BCUT2D eigenvalue weighted by molar-refractivity contribution is 7.92. The van der Waals surface area contributed by atoms with E-state index >= 15 is 0 Å². The Morgan fingerprint density at radius 2 is 1.54 bits per heavy atom. The van der Waals surface area contributed by atoms with Gasteiger partial charge in [0.2, 0.25) is 10.0 Å². The van der Waals surface area contributed by atoms with Gasteiger partial charge in [-0.2, -0.15) is 0 Å².